The van der Waals surface area contributed by atoms with Crippen molar-refractivity contribution in [2.24, 2.45) is 5.10 Å². The van der Waals surface area contributed by atoms with Crippen molar-refractivity contribution in [2.45, 2.75) is 20.8 Å². The highest BCUT2D eigenvalue weighted by Gasteiger charge is 2.16. The Balaban J connectivity index is 1.81. The molecule has 1 heterocycles. The highest BCUT2D eigenvalue weighted by Crippen LogP contribution is 2.36. The first-order valence-corrected chi connectivity index (χ1v) is 10.6. The maximum absolute atomic E-state index is 11.9. The number of hydrogen-bond acceptors (Lipinski definition) is 8. The Labute approximate surface area is 184 Å². The Bertz CT molecular complexity index is 1060. The van der Waals surface area contributed by atoms with Gasteiger partial charge < -0.3 is 14.6 Å². The van der Waals surface area contributed by atoms with Gasteiger partial charge in [0.2, 0.25) is 5.13 Å². The predicted octanol–water partition coefficient (Wildman–Crippen LogP) is 5.24. The van der Waals surface area contributed by atoms with Crippen molar-refractivity contribution >= 4 is 33.8 Å². The molecule has 0 unspecified atom stereocenters. The minimum atomic E-state index is -0.540. The molecule has 1 aromatic heterocycles. The van der Waals surface area contributed by atoms with Crippen LogP contribution in [-0.2, 0) is 4.74 Å². The number of nitrogens with zero attached hydrogens (tertiary/aromatic N) is 2. The second kappa shape index (κ2) is 10.4. The van der Waals surface area contributed by atoms with E-state index < -0.39 is 6.09 Å². The Morgan fingerprint density at radius 1 is 1.19 bits per heavy atom. The van der Waals surface area contributed by atoms with E-state index in [2.05, 4.69) is 20.8 Å². The SMILES string of the molecule is CCOC(=O)Nc1sc(N/N=C/c2ccc(O)c(OCC)c2)nc1-c1ccc(C)cc1. The lowest BCUT2D eigenvalue weighted by Crippen LogP contribution is -2.12. The van der Waals surface area contributed by atoms with Gasteiger partial charge >= 0.3 is 6.09 Å². The van der Waals surface area contributed by atoms with Crippen LogP contribution in [0.1, 0.15) is 25.0 Å². The molecule has 0 saturated carbocycles. The van der Waals surface area contributed by atoms with E-state index in [0.29, 0.717) is 28.2 Å². The lowest BCUT2D eigenvalue weighted by atomic mass is 10.1. The van der Waals surface area contributed by atoms with Gasteiger partial charge in [0.15, 0.2) is 11.5 Å². The third-order valence-electron chi connectivity index (χ3n) is 4.10. The number of thiazole rings is 1. The third-order valence-corrected chi connectivity index (χ3v) is 4.98. The first-order valence-electron chi connectivity index (χ1n) is 9.76. The Morgan fingerprint density at radius 2 is 1.97 bits per heavy atom. The van der Waals surface area contributed by atoms with Crippen LogP contribution in [0.3, 0.4) is 0 Å². The van der Waals surface area contributed by atoms with Gasteiger partial charge in [-0.15, -0.1) is 0 Å². The molecule has 2 aromatic carbocycles. The summed E-state index contributed by atoms with van der Waals surface area (Å²) < 4.78 is 10.4. The van der Waals surface area contributed by atoms with Crippen molar-refractivity contribution < 1.29 is 19.4 Å². The molecule has 3 N–H and O–H groups in total. The van der Waals surface area contributed by atoms with Gasteiger partial charge in [-0.3, -0.25) is 10.7 Å². The monoisotopic (exact) mass is 440 g/mol. The number of benzene rings is 2. The maximum Gasteiger partial charge on any atom is 0.412 e. The van der Waals surface area contributed by atoms with Crippen molar-refractivity contribution in [1.29, 1.82) is 0 Å². The number of phenolic OH excluding ortho intramolecular Hbond substituents is 1. The molecule has 0 spiro atoms. The van der Waals surface area contributed by atoms with E-state index in [4.69, 9.17) is 9.47 Å². The van der Waals surface area contributed by atoms with Gasteiger partial charge in [-0.2, -0.15) is 5.10 Å². The quantitative estimate of drug-likeness (QED) is 0.327. The molecular weight excluding hydrogens is 416 g/mol. The van der Waals surface area contributed by atoms with E-state index in [1.54, 1.807) is 31.3 Å². The molecule has 0 fully saturated rings. The van der Waals surface area contributed by atoms with E-state index in [-0.39, 0.29) is 12.4 Å². The minimum Gasteiger partial charge on any atom is -0.504 e. The van der Waals surface area contributed by atoms with Crippen molar-refractivity contribution in [3.05, 3.63) is 53.6 Å². The number of hydrogen-bond donors (Lipinski definition) is 3. The highest BCUT2D eigenvalue weighted by atomic mass is 32.1. The summed E-state index contributed by atoms with van der Waals surface area (Å²) in [6.07, 6.45) is 1.05. The van der Waals surface area contributed by atoms with Crippen LogP contribution in [0.15, 0.2) is 47.6 Å². The van der Waals surface area contributed by atoms with Gasteiger partial charge in [0.05, 0.1) is 19.4 Å². The van der Waals surface area contributed by atoms with Crippen LogP contribution in [-0.4, -0.2) is 35.6 Å². The van der Waals surface area contributed by atoms with E-state index in [1.807, 2.05) is 38.1 Å². The number of carbonyl (C=O) groups excluding carboxylic acids is 1. The van der Waals surface area contributed by atoms with Crippen LogP contribution in [0.4, 0.5) is 14.9 Å². The summed E-state index contributed by atoms with van der Waals surface area (Å²) >= 11 is 1.25. The molecule has 0 aliphatic heterocycles. The maximum atomic E-state index is 11.9. The van der Waals surface area contributed by atoms with Crippen LogP contribution in [0, 0.1) is 6.92 Å². The molecule has 0 saturated heterocycles. The van der Waals surface area contributed by atoms with E-state index >= 15 is 0 Å². The molecule has 3 rings (SSSR count). The first kappa shape index (κ1) is 22.1. The summed E-state index contributed by atoms with van der Waals surface area (Å²) in [5.74, 6) is 0.465. The van der Waals surface area contributed by atoms with Crippen LogP contribution in [0.2, 0.25) is 0 Å². The normalized spacial score (nSPS) is 10.8. The summed E-state index contributed by atoms with van der Waals surface area (Å²) in [4.78, 5) is 16.5. The Kier molecular flexibility index (Phi) is 7.45. The molecule has 1 amide bonds. The van der Waals surface area contributed by atoms with Crippen molar-refractivity contribution in [3.63, 3.8) is 0 Å². The topological polar surface area (TPSA) is 105 Å². The Morgan fingerprint density at radius 3 is 2.68 bits per heavy atom. The van der Waals surface area contributed by atoms with Crippen LogP contribution in [0.25, 0.3) is 11.3 Å². The molecule has 0 aliphatic rings. The van der Waals surface area contributed by atoms with E-state index in [9.17, 15) is 9.90 Å². The molecule has 0 bridgehead atoms. The molecular formula is C22H24N4O4S. The van der Waals surface area contributed by atoms with Crippen LogP contribution < -0.4 is 15.5 Å². The molecule has 8 nitrogen and oxygen atoms in total. The fourth-order valence-electron chi connectivity index (χ4n) is 2.66. The number of aryl methyl sites for hydroxylation is 1. The van der Waals surface area contributed by atoms with Crippen molar-refractivity contribution in [2.75, 3.05) is 24.0 Å². The molecule has 9 heteroatoms. The molecule has 162 valence electrons. The predicted molar refractivity (Wildman–Crippen MR) is 123 cm³/mol. The zero-order chi connectivity index (χ0) is 22.2. The van der Waals surface area contributed by atoms with Gasteiger partial charge in [-0.25, -0.2) is 9.78 Å². The van der Waals surface area contributed by atoms with Gasteiger partial charge in [0.1, 0.15) is 10.7 Å². The zero-order valence-electron chi connectivity index (χ0n) is 17.5. The number of nitrogens with one attached hydrogen (secondary N) is 2. The number of phenols is 1. The zero-order valence-corrected chi connectivity index (χ0v) is 18.3. The highest BCUT2D eigenvalue weighted by molar-refractivity contribution is 7.20. The van der Waals surface area contributed by atoms with Crippen LogP contribution in [0.5, 0.6) is 11.5 Å². The van der Waals surface area contributed by atoms with E-state index in [1.165, 1.54) is 11.3 Å². The third kappa shape index (κ3) is 5.95. The Hall–Kier alpha value is -3.59. The lowest BCUT2D eigenvalue weighted by molar-refractivity contribution is 0.168. The standard InChI is InChI=1S/C22H24N4O4S/c1-4-29-18-12-15(8-11-17(18)27)13-23-26-21-24-19(16-9-6-14(3)7-10-16)20(31-21)25-22(28)30-5-2/h6-13,27H,4-5H2,1-3H3,(H,24,26)(H,25,28)/b23-13+. The fraction of sp³-hybridized carbons (Fsp3) is 0.227. The largest absolute Gasteiger partial charge is 0.504 e. The average Bonchev–Trinajstić information content (AvgIpc) is 3.13. The minimum absolute atomic E-state index is 0.0734. The smallest absolute Gasteiger partial charge is 0.412 e. The summed E-state index contributed by atoms with van der Waals surface area (Å²) in [5.41, 5.74) is 6.25. The van der Waals surface area contributed by atoms with Crippen LogP contribution >= 0.6 is 11.3 Å². The number of anilines is 2. The number of aromatic nitrogens is 1. The van der Waals surface area contributed by atoms with Gasteiger partial charge in [0.25, 0.3) is 0 Å². The summed E-state index contributed by atoms with van der Waals surface area (Å²) in [6.45, 7) is 6.32. The fourth-order valence-corrected chi connectivity index (χ4v) is 3.49. The number of carbonyl (C=O) groups is 1. The molecule has 0 atom stereocenters. The lowest BCUT2D eigenvalue weighted by Gasteiger charge is -2.05. The summed E-state index contributed by atoms with van der Waals surface area (Å²) in [5, 5.41) is 17.8. The van der Waals surface area contributed by atoms with Crippen molar-refractivity contribution in [1.82, 2.24) is 4.98 Å². The van der Waals surface area contributed by atoms with E-state index in [0.717, 1.165) is 16.7 Å². The molecule has 3 aromatic rings. The number of hydrazone groups is 1. The first-order chi connectivity index (χ1) is 15.0. The second-order valence-electron chi connectivity index (χ2n) is 6.44. The summed E-state index contributed by atoms with van der Waals surface area (Å²) in [7, 11) is 0. The molecule has 0 radical (unpaired) electrons. The number of aromatic hydroxyl groups is 1. The van der Waals surface area contributed by atoms with Crippen molar-refractivity contribution in [3.8, 4) is 22.8 Å². The van der Waals surface area contributed by atoms with Gasteiger partial charge in [0, 0.05) is 5.56 Å². The second-order valence-corrected chi connectivity index (χ2v) is 7.44. The molecule has 31 heavy (non-hydrogen) atoms. The molecule has 0 aliphatic carbocycles. The number of amides is 1. The van der Waals surface area contributed by atoms with Gasteiger partial charge in [-0.1, -0.05) is 41.2 Å². The number of ether oxygens (including phenoxy) is 2. The average molecular weight is 441 g/mol. The van der Waals surface area contributed by atoms with Gasteiger partial charge in [-0.05, 0) is 44.5 Å². The summed E-state index contributed by atoms with van der Waals surface area (Å²) in [6, 6.07) is 12.8. The number of rotatable bonds is 8.